The zero-order chi connectivity index (χ0) is 9.64. The van der Waals surface area contributed by atoms with Crippen LogP contribution in [0.25, 0.3) is 0 Å². The standard InChI is InChI=1S/C10H12O3/c1-6-7(4-11)10(2,3)9-8(6)12-5-13-9/h6H,5H2,1-3H3. The van der Waals surface area contributed by atoms with Crippen molar-refractivity contribution in [3.05, 3.63) is 17.1 Å². The van der Waals surface area contributed by atoms with Gasteiger partial charge >= 0.3 is 0 Å². The number of hydrogen-bond acceptors (Lipinski definition) is 3. The van der Waals surface area contributed by atoms with Crippen LogP contribution in [0.15, 0.2) is 17.1 Å². The van der Waals surface area contributed by atoms with Crippen LogP contribution in [0.3, 0.4) is 0 Å². The van der Waals surface area contributed by atoms with Crippen LogP contribution in [-0.4, -0.2) is 12.7 Å². The van der Waals surface area contributed by atoms with Gasteiger partial charge in [0.15, 0.2) is 0 Å². The molecule has 2 aliphatic rings. The second-order valence-corrected chi connectivity index (χ2v) is 3.96. The Bertz CT molecular complexity index is 332. The highest BCUT2D eigenvalue weighted by atomic mass is 16.7. The third kappa shape index (κ3) is 0.879. The van der Waals surface area contributed by atoms with E-state index in [1.54, 1.807) is 0 Å². The third-order valence-corrected chi connectivity index (χ3v) is 2.82. The van der Waals surface area contributed by atoms with Crippen LogP contribution in [0.4, 0.5) is 0 Å². The molecule has 0 aromatic carbocycles. The first-order valence-electron chi connectivity index (χ1n) is 4.34. The molecule has 3 heteroatoms. The van der Waals surface area contributed by atoms with Crippen molar-refractivity contribution in [3.63, 3.8) is 0 Å². The van der Waals surface area contributed by atoms with Gasteiger partial charge in [0.2, 0.25) is 6.79 Å². The molecule has 0 saturated heterocycles. The largest absolute Gasteiger partial charge is 0.458 e. The average molecular weight is 180 g/mol. The summed E-state index contributed by atoms with van der Waals surface area (Å²) in [7, 11) is 0. The molecule has 1 aliphatic heterocycles. The van der Waals surface area contributed by atoms with Crippen molar-refractivity contribution < 1.29 is 14.3 Å². The lowest BCUT2D eigenvalue weighted by atomic mass is 9.84. The quantitative estimate of drug-likeness (QED) is 0.531. The molecule has 1 aliphatic carbocycles. The summed E-state index contributed by atoms with van der Waals surface area (Å²) in [6, 6.07) is 0. The Morgan fingerprint density at radius 3 is 2.69 bits per heavy atom. The fourth-order valence-corrected chi connectivity index (χ4v) is 2.11. The maximum Gasteiger partial charge on any atom is 0.230 e. The monoisotopic (exact) mass is 180 g/mol. The van der Waals surface area contributed by atoms with E-state index in [0.29, 0.717) is 0 Å². The lowest BCUT2D eigenvalue weighted by Gasteiger charge is -2.21. The van der Waals surface area contributed by atoms with Gasteiger partial charge in [0, 0.05) is 5.57 Å². The number of allylic oxidation sites excluding steroid dienone is 2. The zero-order valence-corrected chi connectivity index (χ0v) is 8.01. The van der Waals surface area contributed by atoms with E-state index in [9.17, 15) is 4.79 Å². The van der Waals surface area contributed by atoms with Gasteiger partial charge in [-0.3, -0.25) is 0 Å². The molecular formula is C10H12O3. The van der Waals surface area contributed by atoms with Crippen molar-refractivity contribution in [1.29, 1.82) is 0 Å². The first kappa shape index (κ1) is 8.39. The fourth-order valence-electron chi connectivity index (χ4n) is 2.11. The van der Waals surface area contributed by atoms with E-state index < -0.39 is 0 Å². The highest BCUT2D eigenvalue weighted by molar-refractivity contribution is 5.62. The molecule has 13 heavy (non-hydrogen) atoms. The second kappa shape index (κ2) is 2.39. The van der Waals surface area contributed by atoms with Crippen molar-refractivity contribution >= 4 is 5.94 Å². The topological polar surface area (TPSA) is 35.5 Å². The molecule has 1 unspecified atom stereocenters. The Labute approximate surface area is 77.0 Å². The van der Waals surface area contributed by atoms with Crippen molar-refractivity contribution in [2.75, 3.05) is 6.79 Å². The van der Waals surface area contributed by atoms with Gasteiger partial charge in [0.1, 0.15) is 17.5 Å². The first-order valence-corrected chi connectivity index (χ1v) is 4.34. The molecule has 0 N–H and O–H groups in total. The van der Waals surface area contributed by atoms with Crippen LogP contribution in [0.1, 0.15) is 20.8 Å². The maximum absolute atomic E-state index is 10.8. The van der Waals surface area contributed by atoms with Gasteiger partial charge in [-0.05, 0) is 13.8 Å². The summed E-state index contributed by atoms with van der Waals surface area (Å²) < 4.78 is 10.7. The van der Waals surface area contributed by atoms with Gasteiger partial charge in [-0.15, -0.1) is 0 Å². The van der Waals surface area contributed by atoms with Crippen LogP contribution in [0.2, 0.25) is 0 Å². The zero-order valence-electron chi connectivity index (χ0n) is 8.01. The minimum Gasteiger partial charge on any atom is -0.458 e. The molecule has 0 aromatic heterocycles. The van der Waals surface area contributed by atoms with Crippen molar-refractivity contribution in [2.24, 2.45) is 11.3 Å². The van der Waals surface area contributed by atoms with Gasteiger partial charge in [0.25, 0.3) is 0 Å². The van der Waals surface area contributed by atoms with Crippen LogP contribution >= 0.6 is 0 Å². The minimum absolute atomic E-state index is 0.0185. The van der Waals surface area contributed by atoms with E-state index in [2.05, 4.69) is 0 Å². The Hall–Kier alpha value is -1.21. The highest BCUT2D eigenvalue weighted by Crippen LogP contribution is 2.51. The SMILES string of the molecule is CC1C(=C=O)C(C)(C)C2=C1OCO2. The molecule has 70 valence electrons. The maximum atomic E-state index is 10.8. The second-order valence-electron chi connectivity index (χ2n) is 3.96. The molecule has 0 aromatic rings. The van der Waals surface area contributed by atoms with Gasteiger partial charge in [-0.1, -0.05) is 6.92 Å². The van der Waals surface area contributed by atoms with Crippen LogP contribution in [0.5, 0.6) is 0 Å². The van der Waals surface area contributed by atoms with E-state index in [1.807, 2.05) is 26.7 Å². The number of hydrogen-bond donors (Lipinski definition) is 0. The predicted octanol–water partition coefficient (Wildman–Crippen LogP) is 1.64. The van der Waals surface area contributed by atoms with Gasteiger partial charge in [-0.2, -0.15) is 0 Å². The molecule has 0 bridgehead atoms. The summed E-state index contributed by atoms with van der Waals surface area (Å²) in [6.07, 6.45) is 0. The summed E-state index contributed by atoms with van der Waals surface area (Å²) in [6.45, 7) is 6.14. The predicted molar refractivity (Wildman–Crippen MR) is 46.2 cm³/mol. The Morgan fingerprint density at radius 1 is 1.46 bits per heavy atom. The van der Waals surface area contributed by atoms with E-state index in [0.717, 1.165) is 17.1 Å². The summed E-state index contributed by atoms with van der Waals surface area (Å²) in [4.78, 5) is 10.8. The fraction of sp³-hybridized carbons (Fsp3) is 0.600. The molecule has 0 spiro atoms. The van der Waals surface area contributed by atoms with E-state index in [4.69, 9.17) is 9.47 Å². The summed E-state index contributed by atoms with van der Waals surface area (Å²) in [5.74, 6) is 3.63. The molecule has 0 saturated carbocycles. The van der Waals surface area contributed by atoms with Crippen LogP contribution in [-0.2, 0) is 14.3 Å². The normalized spacial score (nSPS) is 29.5. The van der Waals surface area contributed by atoms with E-state index in [-0.39, 0.29) is 18.1 Å². The molecule has 0 amide bonds. The van der Waals surface area contributed by atoms with E-state index >= 15 is 0 Å². The molecule has 0 radical (unpaired) electrons. The summed E-state index contributed by atoms with van der Waals surface area (Å²) in [5.41, 5.74) is 0.379. The van der Waals surface area contributed by atoms with Crippen LogP contribution in [0, 0.1) is 11.3 Å². The first-order chi connectivity index (χ1) is 6.09. The Kier molecular flexibility index (Phi) is 1.54. The summed E-state index contributed by atoms with van der Waals surface area (Å²) in [5, 5.41) is 0. The minimum atomic E-state index is -0.340. The van der Waals surface area contributed by atoms with Crippen molar-refractivity contribution in [1.82, 2.24) is 0 Å². The molecular weight excluding hydrogens is 168 g/mol. The van der Waals surface area contributed by atoms with E-state index in [1.165, 1.54) is 0 Å². The molecule has 1 heterocycles. The molecule has 2 rings (SSSR count). The van der Waals surface area contributed by atoms with Gasteiger partial charge in [-0.25, -0.2) is 4.79 Å². The molecule has 3 nitrogen and oxygen atoms in total. The lowest BCUT2D eigenvalue weighted by molar-refractivity contribution is 0.0449. The highest BCUT2D eigenvalue weighted by Gasteiger charge is 2.48. The summed E-state index contributed by atoms with van der Waals surface area (Å²) >= 11 is 0. The Morgan fingerprint density at radius 2 is 2.15 bits per heavy atom. The average Bonchev–Trinajstić information content (AvgIpc) is 2.57. The molecule has 0 fully saturated rings. The molecule has 1 atom stereocenters. The number of ether oxygens (including phenoxy) is 2. The van der Waals surface area contributed by atoms with Crippen molar-refractivity contribution in [2.45, 2.75) is 20.8 Å². The third-order valence-electron chi connectivity index (χ3n) is 2.82. The number of carbonyl (C=O) groups excluding carboxylic acids is 1. The Balaban J connectivity index is 2.54. The van der Waals surface area contributed by atoms with Crippen molar-refractivity contribution in [3.8, 4) is 0 Å². The lowest BCUT2D eigenvalue weighted by Crippen LogP contribution is -2.17. The van der Waals surface area contributed by atoms with Crippen LogP contribution < -0.4 is 0 Å². The van der Waals surface area contributed by atoms with Gasteiger partial charge in [0.05, 0.1) is 11.3 Å². The van der Waals surface area contributed by atoms with Gasteiger partial charge < -0.3 is 9.47 Å². The smallest absolute Gasteiger partial charge is 0.230 e. The number of rotatable bonds is 0.